The van der Waals surface area contributed by atoms with E-state index in [9.17, 15) is 23.1 Å². The van der Waals surface area contributed by atoms with Crippen LogP contribution >= 0.6 is 0 Å². The van der Waals surface area contributed by atoms with Gasteiger partial charge in [0.15, 0.2) is 0 Å². The summed E-state index contributed by atoms with van der Waals surface area (Å²) in [6.45, 7) is 2.51. The number of carboxylic acid groups (broad SMARTS) is 1. The third-order valence-electron chi connectivity index (χ3n) is 5.74. The Morgan fingerprint density at radius 3 is 2.21 bits per heavy atom. The molecule has 1 aromatic rings. The smallest absolute Gasteiger partial charge is 0.243 e. The highest BCUT2D eigenvalue weighted by Gasteiger charge is 2.32. The number of amides is 1. The molecule has 1 heterocycles. The van der Waals surface area contributed by atoms with E-state index >= 15 is 0 Å². The maximum atomic E-state index is 12.7. The van der Waals surface area contributed by atoms with Crippen LogP contribution in [0.2, 0.25) is 0 Å². The van der Waals surface area contributed by atoms with Crippen molar-refractivity contribution < 1.29 is 28.0 Å². The van der Waals surface area contributed by atoms with Crippen molar-refractivity contribution in [3.8, 4) is 0 Å². The second-order valence-electron chi connectivity index (χ2n) is 7.69. The SMILES string of the molecule is C[NH+]1CCN(S(=O)(=O)c2ccc(NC(=O)[C@H]3CCCC[C@@H]3C(=O)[O-])cc2)CC1. The third kappa shape index (κ3) is 4.53. The van der Waals surface area contributed by atoms with Crippen LogP contribution in [0.1, 0.15) is 25.7 Å². The summed E-state index contributed by atoms with van der Waals surface area (Å²) in [6, 6.07) is 6.05. The molecule has 3 rings (SSSR count). The number of hydrogen-bond donors (Lipinski definition) is 2. The van der Waals surface area contributed by atoms with Gasteiger partial charge in [0.05, 0.1) is 38.1 Å². The number of nitrogens with zero attached hydrogens (tertiary/aromatic N) is 1. The standard InChI is InChI=1S/C19H27N3O5S/c1-21-10-12-22(13-11-21)28(26,27)15-8-6-14(7-9-15)20-18(23)16-4-2-3-5-17(16)19(24)25/h6-9,16-17H,2-5,10-13H2,1H3,(H,20,23)(H,24,25)/t16-,17-/m0/s1. The van der Waals surface area contributed by atoms with Crippen LogP contribution in [-0.2, 0) is 19.6 Å². The van der Waals surface area contributed by atoms with Crippen LogP contribution < -0.4 is 15.3 Å². The summed E-state index contributed by atoms with van der Waals surface area (Å²) in [5, 5.41) is 14.0. The van der Waals surface area contributed by atoms with Crippen molar-refractivity contribution in [2.45, 2.75) is 30.6 Å². The second kappa shape index (κ2) is 8.59. The Bertz CT molecular complexity index is 816. The van der Waals surface area contributed by atoms with E-state index in [1.54, 1.807) is 12.1 Å². The molecule has 0 aromatic heterocycles. The fourth-order valence-electron chi connectivity index (χ4n) is 3.93. The number of carbonyl (C=O) groups excluding carboxylic acids is 2. The predicted octanol–water partition coefficient (Wildman–Crippen LogP) is -1.30. The van der Waals surface area contributed by atoms with Crippen molar-refractivity contribution in [2.75, 3.05) is 38.5 Å². The molecule has 1 saturated heterocycles. The van der Waals surface area contributed by atoms with Gasteiger partial charge in [-0.05, 0) is 37.1 Å². The van der Waals surface area contributed by atoms with Crippen LogP contribution in [0.5, 0.6) is 0 Å². The summed E-state index contributed by atoms with van der Waals surface area (Å²) in [7, 11) is -1.51. The van der Waals surface area contributed by atoms with Gasteiger partial charge in [-0.25, -0.2) is 8.42 Å². The van der Waals surface area contributed by atoms with Gasteiger partial charge in [-0.2, -0.15) is 4.31 Å². The van der Waals surface area contributed by atoms with Gasteiger partial charge < -0.3 is 20.1 Å². The quantitative estimate of drug-likeness (QED) is 0.628. The number of carbonyl (C=O) groups is 2. The number of sulfonamides is 1. The first-order chi connectivity index (χ1) is 13.3. The Kier molecular flexibility index (Phi) is 6.36. The summed E-state index contributed by atoms with van der Waals surface area (Å²) in [5.41, 5.74) is 0.453. The molecule has 1 aliphatic heterocycles. The van der Waals surface area contributed by atoms with Crippen LogP contribution in [0, 0.1) is 11.8 Å². The molecule has 28 heavy (non-hydrogen) atoms. The number of quaternary nitrogens is 1. The first-order valence-electron chi connectivity index (χ1n) is 9.72. The molecule has 2 atom stereocenters. The van der Waals surface area contributed by atoms with E-state index < -0.39 is 27.8 Å². The predicted molar refractivity (Wildman–Crippen MR) is 101 cm³/mol. The fourth-order valence-corrected chi connectivity index (χ4v) is 5.37. The summed E-state index contributed by atoms with van der Waals surface area (Å²) < 4.78 is 27.0. The zero-order valence-corrected chi connectivity index (χ0v) is 16.8. The fraction of sp³-hybridized carbons (Fsp3) is 0.579. The van der Waals surface area contributed by atoms with E-state index in [4.69, 9.17) is 0 Å². The van der Waals surface area contributed by atoms with Crippen molar-refractivity contribution >= 4 is 27.6 Å². The summed E-state index contributed by atoms with van der Waals surface area (Å²) in [4.78, 5) is 25.3. The van der Waals surface area contributed by atoms with Gasteiger partial charge in [-0.1, -0.05) is 12.8 Å². The molecule has 8 nitrogen and oxygen atoms in total. The number of benzene rings is 1. The minimum atomic E-state index is -3.55. The normalized spacial score (nSPS) is 24.6. The van der Waals surface area contributed by atoms with Crippen molar-refractivity contribution in [3.63, 3.8) is 0 Å². The molecular weight excluding hydrogens is 382 g/mol. The van der Waals surface area contributed by atoms with Crippen LogP contribution in [0.3, 0.4) is 0 Å². The molecule has 0 radical (unpaired) electrons. The number of aliphatic carboxylic acids is 1. The Labute approximate surface area is 165 Å². The number of nitrogens with one attached hydrogen (secondary N) is 2. The van der Waals surface area contributed by atoms with Gasteiger partial charge in [0, 0.05) is 23.5 Å². The third-order valence-corrected chi connectivity index (χ3v) is 7.65. The number of likely N-dealkylation sites (N-methyl/N-ethyl adjacent to an activating group) is 1. The molecule has 154 valence electrons. The van der Waals surface area contributed by atoms with Gasteiger partial charge in [0.2, 0.25) is 15.9 Å². The van der Waals surface area contributed by atoms with Crippen LogP contribution in [-0.4, -0.2) is 57.8 Å². The Hall–Kier alpha value is -1.97. The van der Waals surface area contributed by atoms with Crippen molar-refractivity contribution in [1.82, 2.24) is 4.31 Å². The lowest BCUT2D eigenvalue weighted by atomic mass is 9.78. The maximum Gasteiger partial charge on any atom is 0.243 e. The first-order valence-corrected chi connectivity index (χ1v) is 11.2. The second-order valence-corrected chi connectivity index (χ2v) is 9.63. The average molecular weight is 410 g/mol. The molecule has 0 bridgehead atoms. The van der Waals surface area contributed by atoms with Crippen molar-refractivity contribution in [1.29, 1.82) is 0 Å². The maximum absolute atomic E-state index is 12.7. The molecule has 0 unspecified atom stereocenters. The molecule has 1 saturated carbocycles. The lowest BCUT2D eigenvalue weighted by Crippen LogP contribution is -3.12. The van der Waals surface area contributed by atoms with E-state index in [-0.39, 0.29) is 10.8 Å². The highest BCUT2D eigenvalue weighted by atomic mass is 32.2. The van der Waals surface area contributed by atoms with E-state index in [1.165, 1.54) is 21.3 Å². The molecule has 1 aromatic carbocycles. The van der Waals surface area contributed by atoms with Crippen molar-refractivity contribution in [2.24, 2.45) is 11.8 Å². The van der Waals surface area contributed by atoms with Gasteiger partial charge in [-0.3, -0.25) is 4.79 Å². The van der Waals surface area contributed by atoms with Gasteiger partial charge >= 0.3 is 0 Å². The number of hydrogen-bond acceptors (Lipinski definition) is 5. The van der Waals surface area contributed by atoms with Crippen molar-refractivity contribution in [3.05, 3.63) is 24.3 Å². The van der Waals surface area contributed by atoms with E-state index in [0.29, 0.717) is 31.6 Å². The average Bonchev–Trinajstić information content (AvgIpc) is 2.68. The monoisotopic (exact) mass is 409 g/mol. The Balaban J connectivity index is 1.67. The molecule has 0 spiro atoms. The largest absolute Gasteiger partial charge is 0.550 e. The molecule has 2 N–H and O–H groups in total. The Morgan fingerprint density at radius 1 is 1.07 bits per heavy atom. The van der Waals surface area contributed by atoms with Gasteiger partial charge in [0.25, 0.3) is 0 Å². The van der Waals surface area contributed by atoms with E-state index in [0.717, 1.165) is 25.9 Å². The minimum Gasteiger partial charge on any atom is -0.550 e. The van der Waals surface area contributed by atoms with Crippen LogP contribution in [0.25, 0.3) is 0 Å². The molecule has 9 heteroatoms. The topological polar surface area (TPSA) is 111 Å². The first kappa shape index (κ1) is 20.8. The van der Waals surface area contributed by atoms with E-state index in [2.05, 4.69) is 5.32 Å². The molecule has 1 amide bonds. The number of carboxylic acids is 1. The zero-order valence-electron chi connectivity index (χ0n) is 16.0. The summed E-state index contributed by atoms with van der Waals surface area (Å²) in [5.74, 6) is -2.93. The number of piperazine rings is 1. The molecular formula is C19H27N3O5S. The van der Waals surface area contributed by atoms with Crippen LogP contribution in [0.15, 0.2) is 29.2 Å². The summed E-state index contributed by atoms with van der Waals surface area (Å²) >= 11 is 0. The lowest BCUT2D eigenvalue weighted by molar-refractivity contribution is -0.883. The number of anilines is 1. The van der Waals surface area contributed by atoms with Gasteiger partial charge in [-0.15, -0.1) is 0 Å². The minimum absolute atomic E-state index is 0.190. The zero-order chi connectivity index (χ0) is 20.3. The Morgan fingerprint density at radius 2 is 1.64 bits per heavy atom. The molecule has 1 aliphatic carbocycles. The van der Waals surface area contributed by atoms with E-state index in [1.807, 2.05) is 7.05 Å². The number of rotatable bonds is 5. The lowest BCUT2D eigenvalue weighted by Gasteiger charge is -2.31. The highest BCUT2D eigenvalue weighted by Crippen LogP contribution is 2.31. The highest BCUT2D eigenvalue weighted by molar-refractivity contribution is 7.89. The molecule has 2 aliphatic rings. The van der Waals surface area contributed by atoms with Gasteiger partial charge in [0.1, 0.15) is 0 Å². The van der Waals surface area contributed by atoms with Crippen LogP contribution in [0.4, 0.5) is 5.69 Å². The summed E-state index contributed by atoms with van der Waals surface area (Å²) in [6.07, 6.45) is 2.56. The molecule has 2 fully saturated rings.